The monoisotopic (exact) mass is 585 g/mol. The lowest BCUT2D eigenvalue weighted by Crippen LogP contribution is -2.59. The third-order valence-corrected chi connectivity index (χ3v) is 10.9. The van der Waals surface area contributed by atoms with Gasteiger partial charge in [-0.1, -0.05) is 6.07 Å². The van der Waals surface area contributed by atoms with Crippen LogP contribution in [0.3, 0.4) is 0 Å². The van der Waals surface area contributed by atoms with Crippen molar-refractivity contribution in [2.45, 2.75) is 61.7 Å². The van der Waals surface area contributed by atoms with Gasteiger partial charge in [-0.25, -0.2) is 8.42 Å². The molecule has 4 aliphatic rings. The number of benzene rings is 1. The molecular weight excluding hydrogens is 546 g/mol. The van der Waals surface area contributed by atoms with Crippen LogP contribution in [-0.2, 0) is 26.1 Å². The van der Waals surface area contributed by atoms with Crippen molar-refractivity contribution >= 4 is 21.6 Å². The van der Waals surface area contributed by atoms with Crippen LogP contribution in [0.25, 0.3) is 0 Å². The number of piperidine rings is 1. The summed E-state index contributed by atoms with van der Waals surface area (Å²) in [5.41, 5.74) is 2.53. The number of anilines is 1. The van der Waals surface area contributed by atoms with E-state index in [2.05, 4.69) is 33.1 Å². The number of amides is 1. The second kappa shape index (κ2) is 11.5. The zero-order valence-corrected chi connectivity index (χ0v) is 24.3. The molecule has 12 heteroatoms. The van der Waals surface area contributed by atoms with Crippen LogP contribution < -0.4 is 15.0 Å². The Hall–Kier alpha value is -2.77. The van der Waals surface area contributed by atoms with Crippen molar-refractivity contribution in [2.75, 3.05) is 57.4 Å². The van der Waals surface area contributed by atoms with E-state index in [1.165, 1.54) is 0 Å². The van der Waals surface area contributed by atoms with E-state index in [-0.39, 0.29) is 36.1 Å². The number of hydrogen-bond donors (Lipinski definition) is 2. The molecule has 0 radical (unpaired) electrons. The minimum Gasteiger partial charge on any atom is -0.492 e. The highest BCUT2D eigenvalue weighted by Gasteiger charge is 2.47. The molecule has 2 N–H and O–H groups in total. The maximum atomic E-state index is 13.9. The van der Waals surface area contributed by atoms with Crippen LogP contribution in [0.15, 0.2) is 41.4 Å². The Morgan fingerprint density at radius 1 is 1.10 bits per heavy atom. The van der Waals surface area contributed by atoms with E-state index in [9.17, 15) is 18.3 Å². The van der Waals surface area contributed by atoms with Crippen molar-refractivity contribution in [1.82, 2.24) is 19.5 Å². The number of sulfonamides is 1. The molecule has 0 unspecified atom stereocenters. The van der Waals surface area contributed by atoms with E-state index in [1.807, 2.05) is 12.3 Å². The first-order chi connectivity index (χ1) is 19.7. The number of hydrogen-bond acceptors (Lipinski definition) is 9. The van der Waals surface area contributed by atoms with Crippen LogP contribution in [0.2, 0.25) is 0 Å². The van der Waals surface area contributed by atoms with E-state index in [4.69, 9.17) is 9.47 Å². The Morgan fingerprint density at radius 3 is 2.63 bits per heavy atom. The van der Waals surface area contributed by atoms with Crippen LogP contribution in [-0.4, -0.2) is 104 Å². The lowest BCUT2D eigenvalue weighted by molar-refractivity contribution is -0.127. The first-order valence-electron chi connectivity index (χ1n) is 14.5. The molecular formula is C29H39N5O6S. The number of fused-ring (bicyclic) bond motifs is 2. The van der Waals surface area contributed by atoms with Gasteiger partial charge in [-0.15, -0.1) is 0 Å². The number of pyridine rings is 1. The van der Waals surface area contributed by atoms with Gasteiger partial charge in [0.1, 0.15) is 16.7 Å². The zero-order chi connectivity index (χ0) is 28.6. The van der Waals surface area contributed by atoms with E-state index >= 15 is 0 Å². The number of carbonyl (C=O) groups excluding carboxylic acids is 1. The largest absolute Gasteiger partial charge is 0.492 e. The highest BCUT2D eigenvalue weighted by atomic mass is 32.2. The average molecular weight is 586 g/mol. The van der Waals surface area contributed by atoms with Crippen molar-refractivity contribution in [3.63, 3.8) is 0 Å². The minimum absolute atomic E-state index is 0.0258. The molecule has 6 rings (SSSR count). The van der Waals surface area contributed by atoms with Gasteiger partial charge in [0.25, 0.3) is 0 Å². The van der Waals surface area contributed by atoms with Crippen molar-refractivity contribution in [3.05, 3.63) is 47.8 Å². The van der Waals surface area contributed by atoms with Crippen LogP contribution in [0, 0.1) is 6.92 Å². The van der Waals surface area contributed by atoms with Crippen molar-refractivity contribution < 1.29 is 27.8 Å². The second-order valence-electron chi connectivity index (χ2n) is 11.6. The van der Waals surface area contributed by atoms with Gasteiger partial charge >= 0.3 is 0 Å². The summed E-state index contributed by atoms with van der Waals surface area (Å²) in [6.45, 7) is 7.11. The number of nitrogens with zero attached hydrogens (tertiary/aromatic N) is 4. The maximum absolute atomic E-state index is 13.9. The molecule has 11 nitrogen and oxygen atoms in total. The molecule has 3 saturated heterocycles. The highest BCUT2D eigenvalue weighted by molar-refractivity contribution is 7.89. The molecule has 1 aromatic heterocycles. The van der Waals surface area contributed by atoms with Gasteiger partial charge in [0.15, 0.2) is 0 Å². The van der Waals surface area contributed by atoms with Gasteiger partial charge in [-0.2, -0.15) is 4.31 Å². The summed E-state index contributed by atoms with van der Waals surface area (Å²) in [5.74, 6) is -0.0748. The van der Waals surface area contributed by atoms with E-state index in [0.717, 1.165) is 40.9 Å². The molecule has 0 aliphatic carbocycles. The summed E-state index contributed by atoms with van der Waals surface area (Å²) in [5, 5.41) is 13.7. The van der Waals surface area contributed by atoms with Gasteiger partial charge in [-0.05, 0) is 43.5 Å². The summed E-state index contributed by atoms with van der Waals surface area (Å²) >= 11 is 0. The molecule has 1 spiro atoms. The number of rotatable bonds is 3. The molecule has 4 aliphatic heterocycles. The van der Waals surface area contributed by atoms with Crippen LogP contribution in [0.1, 0.15) is 36.9 Å². The van der Waals surface area contributed by atoms with Crippen LogP contribution >= 0.6 is 0 Å². The first kappa shape index (κ1) is 28.4. The predicted octanol–water partition coefficient (Wildman–Crippen LogP) is 1.28. The Bertz CT molecular complexity index is 1370. The van der Waals surface area contributed by atoms with E-state index in [0.29, 0.717) is 45.6 Å². The van der Waals surface area contributed by atoms with E-state index in [1.54, 1.807) is 18.2 Å². The number of aliphatic hydroxyl groups excluding tert-OH is 1. The lowest BCUT2D eigenvalue weighted by Gasteiger charge is -2.43. The molecule has 1 aromatic carbocycles. The number of carbonyl (C=O) groups is 1. The number of aryl methyl sites for hydroxylation is 1. The fraction of sp³-hybridized carbons (Fsp3) is 0.586. The molecule has 222 valence electrons. The molecule has 41 heavy (non-hydrogen) atoms. The molecule has 5 heterocycles. The topological polar surface area (TPSA) is 125 Å². The summed E-state index contributed by atoms with van der Waals surface area (Å²) in [4.78, 5) is 22.8. The second-order valence-corrected chi connectivity index (χ2v) is 13.5. The summed E-state index contributed by atoms with van der Waals surface area (Å²) in [6.07, 6.45) is 2.92. The summed E-state index contributed by atoms with van der Waals surface area (Å²) in [6, 6.07) is 8.16. The van der Waals surface area contributed by atoms with E-state index < -0.39 is 27.7 Å². The number of aliphatic hydroxyl groups is 1. The normalized spacial score (nSPS) is 26.9. The average Bonchev–Trinajstić information content (AvgIpc) is 3.38. The van der Waals surface area contributed by atoms with Gasteiger partial charge in [0.2, 0.25) is 15.9 Å². The smallest absolute Gasteiger partial charge is 0.247 e. The molecule has 0 saturated carbocycles. The zero-order valence-electron chi connectivity index (χ0n) is 23.5. The van der Waals surface area contributed by atoms with Crippen molar-refractivity contribution in [2.24, 2.45) is 0 Å². The number of likely N-dealkylation sites (tertiary alicyclic amines) is 1. The molecule has 2 atom stereocenters. The predicted molar refractivity (Wildman–Crippen MR) is 152 cm³/mol. The Kier molecular flexibility index (Phi) is 7.94. The summed E-state index contributed by atoms with van der Waals surface area (Å²) in [7, 11) is -4.11. The van der Waals surface area contributed by atoms with Crippen LogP contribution in [0.5, 0.6) is 5.75 Å². The standard InChI is InChI=1S/C29H39N5O6S/c1-21-3-2-9-30-24(21)20-32-10-6-29(7-11-32)8-14-40-26-17-22(33-12-15-39-16-13-33)4-5-27(26)41(37,38)34-19-23(35)18-25(34)28(36)31-29/h2-5,9,17,23,25,35H,6-8,10-16,18-20H2,1H3,(H,31,36)/t23-,25+/m1/s1. The third-order valence-electron chi connectivity index (χ3n) is 8.96. The van der Waals surface area contributed by atoms with Crippen molar-refractivity contribution in [1.29, 1.82) is 0 Å². The quantitative estimate of drug-likeness (QED) is 0.548. The van der Waals surface area contributed by atoms with Crippen LogP contribution in [0.4, 0.5) is 5.69 Å². The highest BCUT2D eigenvalue weighted by Crippen LogP contribution is 2.37. The van der Waals surface area contributed by atoms with Gasteiger partial charge in [0.05, 0.1) is 31.6 Å². The fourth-order valence-electron chi connectivity index (χ4n) is 6.43. The Balaban J connectivity index is 1.28. The Morgan fingerprint density at radius 2 is 1.88 bits per heavy atom. The maximum Gasteiger partial charge on any atom is 0.247 e. The van der Waals surface area contributed by atoms with Crippen molar-refractivity contribution in [3.8, 4) is 5.75 Å². The first-order valence-corrected chi connectivity index (χ1v) is 15.9. The molecule has 3 fully saturated rings. The Labute approximate surface area is 241 Å². The van der Waals surface area contributed by atoms with Gasteiger partial charge in [0, 0.05) is 75.6 Å². The molecule has 0 bridgehead atoms. The molecule has 1 amide bonds. The number of ether oxygens (including phenoxy) is 2. The lowest BCUT2D eigenvalue weighted by atomic mass is 9.84. The summed E-state index contributed by atoms with van der Waals surface area (Å²) < 4.78 is 40.8. The third kappa shape index (κ3) is 5.80. The number of morpholine rings is 1. The van der Waals surface area contributed by atoms with Gasteiger partial charge in [-0.3, -0.25) is 14.7 Å². The SMILES string of the molecule is Cc1cccnc1CN1CCC2(CCOc3cc(N4CCOCC4)ccc3S(=O)(=O)N3C[C@H](O)C[C@H]3C(=O)N2)CC1. The van der Waals surface area contributed by atoms with Gasteiger partial charge < -0.3 is 24.8 Å². The number of nitrogens with one attached hydrogen (secondary N) is 1. The number of aromatic nitrogens is 1. The fourth-order valence-corrected chi connectivity index (χ4v) is 8.18. The molecule has 2 aromatic rings. The minimum atomic E-state index is -4.11.